The summed E-state index contributed by atoms with van der Waals surface area (Å²) < 4.78 is 5.92. The van der Waals surface area contributed by atoms with E-state index in [1.807, 2.05) is 24.3 Å². The van der Waals surface area contributed by atoms with Gasteiger partial charge in [0.25, 0.3) is 5.91 Å². The van der Waals surface area contributed by atoms with Crippen LogP contribution in [0.4, 0.5) is 0 Å². The highest BCUT2D eigenvalue weighted by atomic mass is 16.5. The van der Waals surface area contributed by atoms with Crippen molar-refractivity contribution in [2.75, 3.05) is 13.2 Å². The molecule has 2 amide bonds. The van der Waals surface area contributed by atoms with E-state index in [2.05, 4.69) is 10.6 Å². The smallest absolute Gasteiger partial charge is 0.251 e. The maximum Gasteiger partial charge on any atom is 0.251 e. The Morgan fingerprint density at radius 1 is 0.879 bits per heavy atom. The predicted molar refractivity (Wildman–Crippen MR) is 129 cm³/mol. The van der Waals surface area contributed by atoms with Gasteiger partial charge in [-0.3, -0.25) is 9.59 Å². The number of benzene rings is 1. The Bertz CT molecular complexity index is 793. The predicted octanol–water partition coefficient (Wildman–Crippen LogP) is 4.99. The minimum Gasteiger partial charge on any atom is -0.378 e. The Morgan fingerprint density at radius 3 is 2.15 bits per heavy atom. The van der Waals surface area contributed by atoms with E-state index in [-0.39, 0.29) is 17.2 Å². The Hall–Kier alpha value is -1.88. The Kier molecular flexibility index (Phi) is 7.05. The maximum absolute atomic E-state index is 13.1. The molecule has 6 rings (SSSR count). The van der Waals surface area contributed by atoms with Crippen LogP contribution in [-0.4, -0.2) is 31.1 Å². The standard InChI is InChI=1S/C28H40N2O3/c31-26(29-11-4-12-33-25-5-2-1-3-6-25)24-9-7-20(8-10-24)19-30-27(32)28-16-21-13-22(17-28)15-23(14-21)18-28/h7-10,21-23,25H,1-6,11-19H2,(H,29,31)(H,30,32). The first-order valence-corrected chi connectivity index (χ1v) is 13.4. The number of amides is 2. The van der Waals surface area contributed by atoms with E-state index < -0.39 is 0 Å². The molecule has 1 aromatic carbocycles. The zero-order valence-corrected chi connectivity index (χ0v) is 20.0. The fourth-order valence-corrected chi connectivity index (χ4v) is 7.39. The number of carbonyl (C=O) groups excluding carboxylic acids is 2. The largest absolute Gasteiger partial charge is 0.378 e. The normalized spacial score (nSPS) is 30.8. The van der Waals surface area contributed by atoms with E-state index in [1.54, 1.807) is 0 Å². The highest BCUT2D eigenvalue weighted by Gasteiger charge is 2.54. The molecule has 33 heavy (non-hydrogen) atoms. The first-order valence-electron chi connectivity index (χ1n) is 13.4. The molecule has 0 radical (unpaired) electrons. The molecule has 0 spiro atoms. The summed E-state index contributed by atoms with van der Waals surface area (Å²) in [7, 11) is 0. The molecule has 180 valence electrons. The van der Waals surface area contributed by atoms with E-state index in [1.165, 1.54) is 51.4 Å². The highest BCUT2D eigenvalue weighted by molar-refractivity contribution is 5.94. The third-order valence-electron chi connectivity index (χ3n) is 8.70. The molecule has 2 N–H and O–H groups in total. The monoisotopic (exact) mass is 452 g/mol. The molecule has 0 atom stereocenters. The summed E-state index contributed by atoms with van der Waals surface area (Å²) in [5.74, 6) is 2.55. The van der Waals surface area contributed by atoms with Crippen LogP contribution in [0.1, 0.15) is 93.0 Å². The van der Waals surface area contributed by atoms with Crippen molar-refractivity contribution in [1.29, 1.82) is 0 Å². The van der Waals surface area contributed by atoms with Crippen LogP contribution in [0, 0.1) is 23.2 Å². The Morgan fingerprint density at radius 2 is 1.52 bits per heavy atom. The van der Waals surface area contributed by atoms with Crippen LogP contribution in [-0.2, 0) is 16.1 Å². The van der Waals surface area contributed by atoms with Crippen molar-refractivity contribution in [3.63, 3.8) is 0 Å². The van der Waals surface area contributed by atoms with E-state index in [4.69, 9.17) is 4.74 Å². The van der Waals surface area contributed by atoms with Crippen molar-refractivity contribution in [3.05, 3.63) is 35.4 Å². The molecule has 0 aromatic heterocycles. The SMILES string of the molecule is O=C(NCCCOC1CCCCC1)c1ccc(CNC(=O)C23CC4CC(CC(C4)C2)C3)cc1. The van der Waals surface area contributed by atoms with Gasteiger partial charge in [-0.2, -0.15) is 0 Å². The second-order valence-electron chi connectivity index (χ2n) is 11.3. The zero-order chi connectivity index (χ0) is 22.7. The summed E-state index contributed by atoms with van der Waals surface area (Å²) in [6, 6.07) is 7.64. The molecule has 5 aliphatic rings. The molecule has 5 nitrogen and oxygen atoms in total. The van der Waals surface area contributed by atoms with Crippen LogP contribution in [0.15, 0.2) is 24.3 Å². The molecule has 0 saturated heterocycles. The third-order valence-corrected chi connectivity index (χ3v) is 8.70. The first-order chi connectivity index (χ1) is 16.1. The van der Waals surface area contributed by atoms with Gasteiger partial charge in [0.15, 0.2) is 0 Å². The summed E-state index contributed by atoms with van der Waals surface area (Å²) in [6.07, 6.45) is 14.9. The summed E-state index contributed by atoms with van der Waals surface area (Å²) in [5, 5.41) is 6.22. The number of ether oxygens (including phenoxy) is 1. The topological polar surface area (TPSA) is 67.4 Å². The van der Waals surface area contributed by atoms with Crippen LogP contribution in [0.5, 0.6) is 0 Å². The first kappa shape index (κ1) is 22.9. The summed E-state index contributed by atoms with van der Waals surface area (Å²) >= 11 is 0. The Labute approximate surface area is 198 Å². The molecule has 5 aliphatic carbocycles. The molecular formula is C28H40N2O3. The van der Waals surface area contributed by atoms with Crippen molar-refractivity contribution in [2.24, 2.45) is 23.2 Å². The quantitative estimate of drug-likeness (QED) is 0.519. The molecular weight excluding hydrogens is 412 g/mol. The van der Waals surface area contributed by atoms with Gasteiger partial charge in [-0.25, -0.2) is 0 Å². The van der Waals surface area contributed by atoms with Gasteiger partial charge in [-0.05, 0) is 93.2 Å². The lowest BCUT2D eigenvalue weighted by Gasteiger charge is -2.55. The van der Waals surface area contributed by atoms with E-state index in [0.717, 1.165) is 49.0 Å². The lowest BCUT2D eigenvalue weighted by atomic mass is 9.49. The van der Waals surface area contributed by atoms with Gasteiger partial charge in [0.05, 0.1) is 6.10 Å². The van der Waals surface area contributed by atoms with Gasteiger partial charge < -0.3 is 15.4 Å². The summed E-state index contributed by atoms with van der Waals surface area (Å²) in [6.45, 7) is 1.89. The summed E-state index contributed by atoms with van der Waals surface area (Å²) in [5.41, 5.74) is 1.61. The maximum atomic E-state index is 13.1. The number of hydrogen-bond acceptors (Lipinski definition) is 3. The van der Waals surface area contributed by atoms with Crippen molar-refractivity contribution < 1.29 is 14.3 Å². The van der Waals surface area contributed by atoms with Gasteiger partial charge in [0.2, 0.25) is 5.91 Å². The molecule has 0 aliphatic heterocycles. The summed E-state index contributed by atoms with van der Waals surface area (Å²) in [4.78, 5) is 25.6. The second-order valence-corrected chi connectivity index (χ2v) is 11.3. The minimum absolute atomic E-state index is 0.0446. The van der Waals surface area contributed by atoms with E-state index in [0.29, 0.717) is 31.4 Å². The number of nitrogens with one attached hydrogen (secondary N) is 2. The van der Waals surface area contributed by atoms with Gasteiger partial charge >= 0.3 is 0 Å². The highest BCUT2D eigenvalue weighted by Crippen LogP contribution is 2.60. The van der Waals surface area contributed by atoms with Crippen LogP contribution in [0.2, 0.25) is 0 Å². The Balaban J connectivity index is 1.03. The van der Waals surface area contributed by atoms with Gasteiger partial charge in [0, 0.05) is 30.7 Å². The molecule has 5 heteroatoms. The van der Waals surface area contributed by atoms with Gasteiger partial charge in [-0.1, -0.05) is 31.4 Å². The zero-order valence-electron chi connectivity index (χ0n) is 20.0. The molecule has 0 unspecified atom stereocenters. The van der Waals surface area contributed by atoms with E-state index >= 15 is 0 Å². The van der Waals surface area contributed by atoms with Crippen LogP contribution >= 0.6 is 0 Å². The van der Waals surface area contributed by atoms with Crippen molar-refractivity contribution in [2.45, 2.75) is 89.7 Å². The fraction of sp³-hybridized carbons (Fsp3) is 0.714. The number of carbonyl (C=O) groups is 2. The fourth-order valence-electron chi connectivity index (χ4n) is 7.39. The average Bonchev–Trinajstić information content (AvgIpc) is 2.82. The molecule has 1 aromatic rings. The third kappa shape index (κ3) is 5.45. The second kappa shape index (κ2) is 10.2. The van der Waals surface area contributed by atoms with Gasteiger partial charge in [0.1, 0.15) is 0 Å². The molecule has 0 heterocycles. The minimum atomic E-state index is -0.102. The van der Waals surface area contributed by atoms with E-state index in [9.17, 15) is 9.59 Å². The van der Waals surface area contributed by atoms with Crippen molar-refractivity contribution >= 4 is 11.8 Å². The van der Waals surface area contributed by atoms with Crippen molar-refractivity contribution in [3.8, 4) is 0 Å². The lowest BCUT2D eigenvalue weighted by molar-refractivity contribution is -0.146. The molecule has 5 fully saturated rings. The lowest BCUT2D eigenvalue weighted by Crippen LogP contribution is -2.53. The molecule has 4 bridgehead atoms. The average molecular weight is 453 g/mol. The van der Waals surface area contributed by atoms with Crippen molar-refractivity contribution in [1.82, 2.24) is 10.6 Å². The van der Waals surface area contributed by atoms with Crippen LogP contribution in [0.3, 0.4) is 0 Å². The van der Waals surface area contributed by atoms with Gasteiger partial charge in [-0.15, -0.1) is 0 Å². The number of rotatable bonds is 9. The molecule has 5 saturated carbocycles. The van der Waals surface area contributed by atoms with Crippen LogP contribution < -0.4 is 10.6 Å². The van der Waals surface area contributed by atoms with Crippen LogP contribution in [0.25, 0.3) is 0 Å². The number of hydrogen-bond donors (Lipinski definition) is 2.